The first kappa shape index (κ1) is 17.0. The van der Waals surface area contributed by atoms with E-state index in [4.69, 9.17) is 0 Å². The van der Waals surface area contributed by atoms with E-state index in [0.717, 1.165) is 41.0 Å². The second kappa shape index (κ2) is 7.43. The number of thiazole rings is 1. The van der Waals surface area contributed by atoms with Crippen LogP contribution in [0, 0.1) is 5.82 Å². The molecule has 2 amide bonds. The molecule has 1 aliphatic heterocycles. The number of hydrogen-bond acceptors (Lipinski definition) is 4. The van der Waals surface area contributed by atoms with E-state index < -0.39 is 0 Å². The molecule has 4 rings (SSSR count). The molecule has 26 heavy (non-hydrogen) atoms. The number of carbonyl (C=O) groups excluding carboxylic acids is 1. The second-order valence-corrected chi connectivity index (χ2v) is 7.36. The summed E-state index contributed by atoms with van der Waals surface area (Å²) >= 11 is 1.53. The van der Waals surface area contributed by atoms with Crippen LogP contribution in [0.25, 0.3) is 10.9 Å². The Morgan fingerprint density at radius 2 is 2.15 bits per heavy atom. The molecule has 1 saturated heterocycles. The number of aromatic nitrogens is 2. The smallest absolute Gasteiger partial charge is 0.317 e. The molecule has 0 saturated carbocycles. The van der Waals surface area contributed by atoms with Crippen molar-refractivity contribution >= 4 is 28.3 Å². The first-order chi connectivity index (χ1) is 12.7. The lowest BCUT2D eigenvalue weighted by atomic mass is 10.1. The minimum absolute atomic E-state index is 0.0350. The molecule has 0 bridgehead atoms. The molecule has 136 valence electrons. The van der Waals surface area contributed by atoms with Crippen LogP contribution in [0.5, 0.6) is 0 Å². The predicted octanol–water partition coefficient (Wildman–Crippen LogP) is 2.79. The molecule has 0 spiro atoms. The third-order valence-corrected chi connectivity index (χ3v) is 5.46. The Hall–Kier alpha value is -2.45. The maximum atomic E-state index is 13.5. The van der Waals surface area contributed by atoms with E-state index in [1.54, 1.807) is 23.8 Å². The summed E-state index contributed by atoms with van der Waals surface area (Å²) in [5.41, 5.74) is 3.79. The first-order valence-electron chi connectivity index (χ1n) is 8.57. The number of H-pyrrole nitrogens is 1. The van der Waals surface area contributed by atoms with Crippen molar-refractivity contribution in [1.82, 2.24) is 25.1 Å². The van der Waals surface area contributed by atoms with Gasteiger partial charge in [0.2, 0.25) is 0 Å². The number of nitrogens with zero attached hydrogens (tertiary/aromatic N) is 3. The predicted molar refractivity (Wildman–Crippen MR) is 99.5 cm³/mol. The third kappa shape index (κ3) is 3.71. The molecule has 3 aromatic rings. The molecule has 0 atom stereocenters. The van der Waals surface area contributed by atoms with Crippen LogP contribution >= 0.6 is 11.3 Å². The topological polar surface area (TPSA) is 64.3 Å². The van der Waals surface area contributed by atoms with Gasteiger partial charge in [-0.05, 0) is 23.8 Å². The van der Waals surface area contributed by atoms with Gasteiger partial charge in [0.1, 0.15) is 5.82 Å². The van der Waals surface area contributed by atoms with Crippen molar-refractivity contribution in [3.8, 4) is 0 Å². The maximum Gasteiger partial charge on any atom is 0.317 e. The van der Waals surface area contributed by atoms with Gasteiger partial charge in [-0.15, -0.1) is 11.3 Å². The monoisotopic (exact) mass is 373 g/mol. The highest BCUT2D eigenvalue weighted by Gasteiger charge is 2.21. The lowest BCUT2D eigenvalue weighted by Gasteiger charge is -2.34. The van der Waals surface area contributed by atoms with Crippen LogP contribution < -0.4 is 5.32 Å². The van der Waals surface area contributed by atoms with E-state index in [1.165, 1.54) is 17.4 Å². The van der Waals surface area contributed by atoms with Crippen molar-refractivity contribution in [1.29, 1.82) is 0 Å². The number of fused-ring (bicyclic) bond motifs is 1. The van der Waals surface area contributed by atoms with E-state index in [1.807, 2.05) is 11.1 Å². The fourth-order valence-electron chi connectivity index (χ4n) is 3.24. The largest absolute Gasteiger partial charge is 0.361 e. The van der Waals surface area contributed by atoms with Gasteiger partial charge in [0.05, 0.1) is 12.1 Å². The summed E-state index contributed by atoms with van der Waals surface area (Å²) in [4.78, 5) is 24.6. The van der Waals surface area contributed by atoms with E-state index in [2.05, 4.69) is 20.2 Å². The number of halogens is 1. The summed E-state index contributed by atoms with van der Waals surface area (Å²) < 4.78 is 13.5. The van der Waals surface area contributed by atoms with Gasteiger partial charge in [-0.25, -0.2) is 9.18 Å². The molecular formula is C18H20FN5OS. The highest BCUT2D eigenvalue weighted by Crippen LogP contribution is 2.21. The van der Waals surface area contributed by atoms with Crippen molar-refractivity contribution in [3.63, 3.8) is 0 Å². The molecule has 6 nitrogen and oxygen atoms in total. The lowest BCUT2D eigenvalue weighted by molar-refractivity contribution is 0.135. The van der Waals surface area contributed by atoms with Gasteiger partial charge in [0.15, 0.2) is 0 Å². The van der Waals surface area contributed by atoms with Crippen LogP contribution in [0.4, 0.5) is 9.18 Å². The van der Waals surface area contributed by atoms with Crippen LogP contribution in [0.3, 0.4) is 0 Å². The van der Waals surface area contributed by atoms with Crippen LogP contribution in [0.1, 0.15) is 10.4 Å². The van der Waals surface area contributed by atoms with Gasteiger partial charge < -0.3 is 15.2 Å². The summed E-state index contributed by atoms with van der Waals surface area (Å²) in [7, 11) is 0. The summed E-state index contributed by atoms with van der Waals surface area (Å²) in [5.74, 6) is -0.221. The number of aromatic amines is 1. The number of benzene rings is 1. The highest BCUT2D eigenvalue weighted by molar-refractivity contribution is 7.09. The summed E-state index contributed by atoms with van der Waals surface area (Å²) in [6.07, 6.45) is 3.71. The summed E-state index contributed by atoms with van der Waals surface area (Å²) in [5, 5.41) is 3.86. The van der Waals surface area contributed by atoms with Gasteiger partial charge in [-0.1, -0.05) is 0 Å². The fourth-order valence-corrected chi connectivity index (χ4v) is 3.77. The molecular weight excluding hydrogens is 353 g/mol. The number of hydrogen-bond donors (Lipinski definition) is 2. The second-order valence-electron chi connectivity index (χ2n) is 6.39. The Morgan fingerprint density at radius 1 is 1.31 bits per heavy atom. The van der Waals surface area contributed by atoms with Gasteiger partial charge in [-0.3, -0.25) is 9.88 Å². The Kier molecular flexibility index (Phi) is 4.85. The Morgan fingerprint density at radius 3 is 2.92 bits per heavy atom. The normalized spacial score (nSPS) is 15.5. The maximum absolute atomic E-state index is 13.5. The standard InChI is InChI=1S/C18H20FN5OS/c19-14-1-2-17-16(7-14)13(8-21-17)11-23-3-5-24(6-4-23)18(25)22-10-15-9-20-12-26-15/h1-2,7-9,12,21H,3-6,10-11H2,(H,22,25). The fraction of sp³-hybridized carbons (Fsp3) is 0.333. The molecule has 1 aromatic carbocycles. The quantitative estimate of drug-likeness (QED) is 0.739. The van der Waals surface area contributed by atoms with E-state index in [-0.39, 0.29) is 11.8 Å². The number of nitrogens with one attached hydrogen (secondary N) is 2. The van der Waals surface area contributed by atoms with Crippen LogP contribution in [0.15, 0.2) is 36.1 Å². The molecule has 1 aliphatic rings. The van der Waals surface area contributed by atoms with Crippen LogP contribution in [-0.2, 0) is 13.1 Å². The summed E-state index contributed by atoms with van der Waals surface area (Å²) in [6, 6.07) is 4.77. The average molecular weight is 373 g/mol. The number of piperazine rings is 1. The number of urea groups is 1. The van der Waals surface area contributed by atoms with Crippen LogP contribution in [-0.4, -0.2) is 52.0 Å². The third-order valence-electron chi connectivity index (χ3n) is 4.68. The number of rotatable bonds is 4. The van der Waals surface area contributed by atoms with Crippen molar-refractivity contribution < 1.29 is 9.18 Å². The zero-order valence-electron chi connectivity index (χ0n) is 14.2. The lowest BCUT2D eigenvalue weighted by Crippen LogP contribution is -2.51. The molecule has 3 heterocycles. The Balaban J connectivity index is 1.30. The average Bonchev–Trinajstić information content (AvgIpc) is 3.30. The molecule has 2 aromatic heterocycles. The first-order valence-corrected chi connectivity index (χ1v) is 9.45. The Bertz CT molecular complexity index is 886. The zero-order chi connectivity index (χ0) is 17.9. The van der Waals surface area contributed by atoms with Crippen molar-refractivity contribution in [3.05, 3.63) is 52.4 Å². The molecule has 1 fully saturated rings. The summed E-state index contributed by atoms with van der Waals surface area (Å²) in [6.45, 7) is 4.24. The van der Waals surface area contributed by atoms with E-state index >= 15 is 0 Å². The Labute approximate surface area is 154 Å². The molecule has 8 heteroatoms. The van der Waals surface area contributed by atoms with Gasteiger partial charge >= 0.3 is 6.03 Å². The van der Waals surface area contributed by atoms with Gasteiger partial charge in [-0.2, -0.15) is 0 Å². The minimum Gasteiger partial charge on any atom is -0.361 e. The molecule has 0 unspecified atom stereocenters. The van der Waals surface area contributed by atoms with Gasteiger partial charge in [0, 0.05) is 60.9 Å². The van der Waals surface area contributed by atoms with Crippen molar-refractivity contribution in [2.24, 2.45) is 0 Å². The SMILES string of the molecule is O=C(NCc1cncs1)N1CCN(Cc2c[nH]c3ccc(F)cc23)CC1. The minimum atomic E-state index is -0.221. The zero-order valence-corrected chi connectivity index (χ0v) is 15.1. The van der Waals surface area contributed by atoms with Crippen LogP contribution in [0.2, 0.25) is 0 Å². The van der Waals surface area contributed by atoms with Crippen molar-refractivity contribution in [2.45, 2.75) is 13.1 Å². The molecule has 0 radical (unpaired) electrons. The van der Waals surface area contributed by atoms with Crippen molar-refractivity contribution in [2.75, 3.05) is 26.2 Å². The highest BCUT2D eigenvalue weighted by atomic mass is 32.1. The van der Waals surface area contributed by atoms with E-state index in [9.17, 15) is 9.18 Å². The molecule has 2 N–H and O–H groups in total. The number of carbonyl (C=O) groups is 1. The van der Waals surface area contributed by atoms with Gasteiger partial charge in [0.25, 0.3) is 0 Å². The number of amides is 2. The van der Waals surface area contributed by atoms with E-state index in [0.29, 0.717) is 19.6 Å². The molecule has 0 aliphatic carbocycles.